The molecule has 4 aliphatic carbocycles. The Morgan fingerprint density at radius 1 is 1.35 bits per heavy atom. The van der Waals surface area contributed by atoms with E-state index < -0.39 is 11.4 Å². The van der Waals surface area contributed by atoms with Gasteiger partial charge in [-0.15, -0.1) is 0 Å². The van der Waals surface area contributed by atoms with E-state index in [1.807, 2.05) is 0 Å². The molecule has 0 spiro atoms. The highest BCUT2D eigenvalue weighted by Gasteiger charge is 2.62. The summed E-state index contributed by atoms with van der Waals surface area (Å²) in [5.41, 5.74) is 6.16. The van der Waals surface area contributed by atoms with Gasteiger partial charge in [-0.05, 0) is 52.7 Å². The van der Waals surface area contributed by atoms with Crippen LogP contribution in [0.4, 0.5) is 0 Å². The molecule has 0 heterocycles. The maximum atomic E-state index is 12.2. The molecule has 4 aliphatic rings. The SMILES string of the molecule is CC1=C2C=C3C4C=C(C(C)C)C3(C(=O)O)C(=C2C=C1)C4. The number of carboxylic acid groups (broad SMARTS) is 1. The van der Waals surface area contributed by atoms with Crippen molar-refractivity contribution in [1.82, 2.24) is 0 Å². The van der Waals surface area contributed by atoms with Crippen molar-refractivity contribution in [3.05, 3.63) is 57.7 Å². The topological polar surface area (TPSA) is 37.3 Å². The van der Waals surface area contributed by atoms with E-state index in [0.717, 1.165) is 23.1 Å². The Kier molecular flexibility index (Phi) is 2.05. The van der Waals surface area contributed by atoms with Crippen LogP contribution >= 0.6 is 0 Å². The fourth-order valence-electron chi connectivity index (χ4n) is 4.51. The third-order valence-corrected chi connectivity index (χ3v) is 5.31. The van der Waals surface area contributed by atoms with Crippen LogP contribution < -0.4 is 0 Å². The Hall–Kier alpha value is -1.83. The van der Waals surface area contributed by atoms with Gasteiger partial charge in [-0.3, -0.25) is 4.79 Å². The minimum Gasteiger partial charge on any atom is -0.480 e. The van der Waals surface area contributed by atoms with E-state index in [1.54, 1.807) is 0 Å². The molecule has 102 valence electrons. The highest BCUT2D eigenvalue weighted by atomic mass is 16.4. The van der Waals surface area contributed by atoms with Crippen molar-refractivity contribution in [2.75, 3.05) is 0 Å². The third-order valence-electron chi connectivity index (χ3n) is 5.31. The van der Waals surface area contributed by atoms with Gasteiger partial charge in [0.05, 0.1) is 0 Å². The van der Waals surface area contributed by atoms with Gasteiger partial charge in [0.15, 0.2) is 0 Å². The molecule has 0 saturated heterocycles. The largest absolute Gasteiger partial charge is 0.480 e. The highest BCUT2D eigenvalue weighted by Crippen LogP contribution is 2.66. The molecule has 1 saturated carbocycles. The average Bonchev–Trinajstić information content (AvgIpc) is 2.99. The summed E-state index contributed by atoms with van der Waals surface area (Å²) in [5, 5.41) is 10.0. The average molecular weight is 266 g/mol. The lowest BCUT2D eigenvalue weighted by atomic mass is 9.66. The molecule has 2 atom stereocenters. The zero-order chi connectivity index (χ0) is 14.2. The normalized spacial score (nSPS) is 33.1. The van der Waals surface area contributed by atoms with E-state index in [0.29, 0.717) is 5.92 Å². The van der Waals surface area contributed by atoms with Gasteiger partial charge in [0.1, 0.15) is 5.41 Å². The Morgan fingerprint density at radius 3 is 2.75 bits per heavy atom. The van der Waals surface area contributed by atoms with Gasteiger partial charge in [-0.2, -0.15) is 0 Å². The number of carbonyl (C=O) groups is 1. The number of allylic oxidation sites excluding steroid dienone is 7. The summed E-state index contributed by atoms with van der Waals surface area (Å²) in [6.07, 6.45) is 9.47. The first kappa shape index (κ1) is 12.0. The van der Waals surface area contributed by atoms with Crippen LogP contribution in [0.2, 0.25) is 0 Å². The number of aliphatic carboxylic acids is 1. The number of fused-ring (bicyclic) bond motifs is 1. The lowest BCUT2D eigenvalue weighted by Crippen LogP contribution is -2.36. The van der Waals surface area contributed by atoms with E-state index >= 15 is 0 Å². The van der Waals surface area contributed by atoms with Gasteiger partial charge in [0, 0.05) is 5.92 Å². The summed E-state index contributed by atoms with van der Waals surface area (Å²) >= 11 is 0. The zero-order valence-corrected chi connectivity index (χ0v) is 12.0. The van der Waals surface area contributed by atoms with Crippen LogP contribution in [-0.2, 0) is 4.79 Å². The van der Waals surface area contributed by atoms with Crippen molar-refractivity contribution < 1.29 is 9.90 Å². The van der Waals surface area contributed by atoms with Crippen LogP contribution in [0.25, 0.3) is 0 Å². The first-order chi connectivity index (χ1) is 9.47. The van der Waals surface area contributed by atoms with E-state index in [-0.39, 0.29) is 5.92 Å². The van der Waals surface area contributed by atoms with E-state index in [1.165, 1.54) is 16.7 Å². The van der Waals surface area contributed by atoms with E-state index in [9.17, 15) is 9.90 Å². The maximum absolute atomic E-state index is 12.2. The molecule has 0 aromatic heterocycles. The molecular formula is C18H18O2. The molecular weight excluding hydrogens is 248 g/mol. The van der Waals surface area contributed by atoms with Crippen molar-refractivity contribution in [3.8, 4) is 0 Å². The molecule has 0 aromatic rings. The van der Waals surface area contributed by atoms with Crippen LogP contribution in [0.1, 0.15) is 27.2 Å². The van der Waals surface area contributed by atoms with Gasteiger partial charge in [0.25, 0.3) is 0 Å². The molecule has 20 heavy (non-hydrogen) atoms. The number of rotatable bonds is 2. The van der Waals surface area contributed by atoms with Crippen molar-refractivity contribution in [1.29, 1.82) is 0 Å². The van der Waals surface area contributed by atoms with Crippen LogP contribution in [0, 0.1) is 17.3 Å². The van der Waals surface area contributed by atoms with Crippen molar-refractivity contribution in [3.63, 3.8) is 0 Å². The predicted molar refractivity (Wildman–Crippen MR) is 78.0 cm³/mol. The van der Waals surface area contributed by atoms with Crippen molar-refractivity contribution in [2.45, 2.75) is 27.2 Å². The second-order valence-electron chi connectivity index (χ2n) is 6.56. The molecule has 4 rings (SSSR count). The van der Waals surface area contributed by atoms with Gasteiger partial charge >= 0.3 is 5.97 Å². The minimum atomic E-state index is -0.827. The number of hydrogen-bond acceptors (Lipinski definition) is 1. The molecule has 0 aliphatic heterocycles. The van der Waals surface area contributed by atoms with E-state index in [2.05, 4.69) is 45.1 Å². The minimum absolute atomic E-state index is 0.271. The summed E-state index contributed by atoms with van der Waals surface area (Å²) in [4.78, 5) is 12.2. The summed E-state index contributed by atoms with van der Waals surface area (Å²) in [6, 6.07) is 0. The van der Waals surface area contributed by atoms with Crippen molar-refractivity contribution in [2.24, 2.45) is 17.3 Å². The number of hydrogen-bond donors (Lipinski definition) is 1. The Bertz CT molecular complexity index is 710. The smallest absolute Gasteiger partial charge is 0.322 e. The molecule has 2 nitrogen and oxygen atoms in total. The first-order valence-corrected chi connectivity index (χ1v) is 7.28. The van der Waals surface area contributed by atoms with Crippen LogP contribution in [0.3, 0.4) is 0 Å². The van der Waals surface area contributed by atoms with E-state index in [4.69, 9.17) is 0 Å². The van der Waals surface area contributed by atoms with Gasteiger partial charge in [-0.25, -0.2) is 0 Å². The Balaban J connectivity index is 2.06. The first-order valence-electron chi connectivity index (χ1n) is 7.28. The summed E-state index contributed by atoms with van der Waals surface area (Å²) < 4.78 is 0. The van der Waals surface area contributed by atoms with Crippen LogP contribution in [-0.4, -0.2) is 11.1 Å². The maximum Gasteiger partial charge on any atom is 0.322 e. The molecule has 1 N–H and O–H groups in total. The summed E-state index contributed by atoms with van der Waals surface area (Å²) in [7, 11) is 0. The molecule has 4 bridgehead atoms. The van der Waals surface area contributed by atoms with Gasteiger partial charge in [-0.1, -0.05) is 38.2 Å². The fourth-order valence-corrected chi connectivity index (χ4v) is 4.51. The third kappa shape index (κ3) is 1.06. The quantitative estimate of drug-likeness (QED) is 0.772. The summed E-state index contributed by atoms with van der Waals surface area (Å²) in [5.74, 6) is -0.124. The van der Waals surface area contributed by atoms with Crippen molar-refractivity contribution >= 4 is 5.97 Å². The second-order valence-corrected chi connectivity index (χ2v) is 6.56. The standard InChI is InChI=1S/C18H18O2/c1-9(2)14-6-11-7-16-12-5-4-10(3)13(12)8-15(11)18(14,16)17(19)20/h4-6,8-9,11H,7H2,1-3H3,(H,19,20). The predicted octanol–water partition coefficient (Wildman–Crippen LogP) is 3.80. The van der Waals surface area contributed by atoms with Gasteiger partial charge in [0.2, 0.25) is 0 Å². The summed E-state index contributed by atoms with van der Waals surface area (Å²) in [6.45, 7) is 6.31. The van der Waals surface area contributed by atoms with Gasteiger partial charge < -0.3 is 5.11 Å². The molecule has 0 aromatic carbocycles. The molecule has 0 amide bonds. The molecule has 2 heteroatoms. The van der Waals surface area contributed by atoms with Crippen LogP contribution in [0.15, 0.2) is 57.7 Å². The van der Waals surface area contributed by atoms with Crippen LogP contribution in [0.5, 0.6) is 0 Å². The Morgan fingerprint density at radius 2 is 2.10 bits per heavy atom. The highest BCUT2D eigenvalue weighted by molar-refractivity contribution is 5.94. The molecule has 2 unspecified atom stereocenters. The molecule has 1 fully saturated rings. The lowest BCUT2D eigenvalue weighted by Gasteiger charge is -2.35. The fraction of sp³-hybridized carbons (Fsp3) is 0.389. The zero-order valence-electron chi connectivity index (χ0n) is 12.0. The monoisotopic (exact) mass is 266 g/mol. The Labute approximate surface area is 118 Å². The lowest BCUT2D eigenvalue weighted by molar-refractivity contribution is -0.142. The second kappa shape index (κ2) is 3.43. The number of carboxylic acids is 1. The molecule has 0 radical (unpaired) electrons.